The summed E-state index contributed by atoms with van der Waals surface area (Å²) >= 11 is 0. The first-order valence-electron chi connectivity index (χ1n) is 7.28. The number of aliphatic hydroxyl groups excluding tert-OH is 1. The van der Waals surface area contributed by atoms with Crippen molar-refractivity contribution in [3.05, 3.63) is 76.8 Å². The predicted molar refractivity (Wildman–Crippen MR) is 81.0 cm³/mol. The molecule has 0 saturated carbocycles. The van der Waals surface area contributed by atoms with Crippen molar-refractivity contribution in [2.75, 3.05) is 7.11 Å². The standard InChI is InChI=1S/C18H11F5O3/c1-25-11-5-4-8(10-3-2-6-26-10)7-9(11)18(24)12-13(19)15(21)17(23)16(22)14(12)20/h2-7,18,24H,1H3. The largest absolute Gasteiger partial charge is 0.496 e. The van der Waals surface area contributed by atoms with Crippen LogP contribution in [0.3, 0.4) is 0 Å². The van der Waals surface area contributed by atoms with E-state index < -0.39 is 40.8 Å². The molecule has 1 aromatic heterocycles. The van der Waals surface area contributed by atoms with Gasteiger partial charge in [-0.1, -0.05) is 0 Å². The van der Waals surface area contributed by atoms with Crippen LogP contribution >= 0.6 is 0 Å². The van der Waals surface area contributed by atoms with Crippen LogP contribution in [0.1, 0.15) is 17.2 Å². The summed E-state index contributed by atoms with van der Waals surface area (Å²) in [7, 11) is 1.23. The molecular formula is C18H11F5O3. The van der Waals surface area contributed by atoms with Crippen LogP contribution in [0.5, 0.6) is 5.75 Å². The fourth-order valence-electron chi connectivity index (χ4n) is 2.56. The van der Waals surface area contributed by atoms with Crippen molar-refractivity contribution in [1.29, 1.82) is 0 Å². The molecular weight excluding hydrogens is 359 g/mol. The Balaban J connectivity index is 2.19. The Morgan fingerprint density at radius 3 is 2.08 bits per heavy atom. The number of aliphatic hydroxyl groups is 1. The second-order valence-electron chi connectivity index (χ2n) is 5.32. The molecule has 26 heavy (non-hydrogen) atoms. The van der Waals surface area contributed by atoms with Crippen LogP contribution in [-0.2, 0) is 0 Å². The highest BCUT2D eigenvalue weighted by Crippen LogP contribution is 2.37. The van der Waals surface area contributed by atoms with E-state index in [2.05, 4.69) is 0 Å². The number of benzene rings is 2. The molecule has 0 aliphatic heterocycles. The number of ether oxygens (including phenoxy) is 1. The minimum atomic E-state index is -2.30. The molecule has 2 aromatic carbocycles. The van der Waals surface area contributed by atoms with Crippen molar-refractivity contribution >= 4 is 0 Å². The van der Waals surface area contributed by atoms with E-state index in [-0.39, 0.29) is 11.3 Å². The molecule has 3 rings (SSSR count). The van der Waals surface area contributed by atoms with E-state index in [1.165, 1.54) is 25.5 Å². The van der Waals surface area contributed by atoms with Gasteiger partial charge in [0.15, 0.2) is 23.3 Å². The maximum atomic E-state index is 14.0. The van der Waals surface area contributed by atoms with Gasteiger partial charge in [0.1, 0.15) is 17.6 Å². The zero-order valence-electron chi connectivity index (χ0n) is 13.2. The lowest BCUT2D eigenvalue weighted by atomic mass is 9.96. The third-order valence-electron chi connectivity index (χ3n) is 3.85. The molecule has 1 atom stereocenters. The molecule has 0 amide bonds. The molecule has 0 fully saturated rings. The number of halogens is 5. The summed E-state index contributed by atoms with van der Waals surface area (Å²) in [6.07, 6.45) is -0.774. The highest BCUT2D eigenvalue weighted by atomic mass is 19.2. The molecule has 3 aromatic rings. The molecule has 3 nitrogen and oxygen atoms in total. The van der Waals surface area contributed by atoms with Crippen LogP contribution < -0.4 is 4.74 Å². The van der Waals surface area contributed by atoms with Gasteiger partial charge >= 0.3 is 0 Å². The van der Waals surface area contributed by atoms with Gasteiger partial charge in [-0.2, -0.15) is 0 Å². The molecule has 0 aliphatic rings. The predicted octanol–water partition coefficient (Wildman–Crippen LogP) is 4.73. The monoisotopic (exact) mass is 370 g/mol. The molecule has 0 aliphatic carbocycles. The van der Waals surface area contributed by atoms with Crippen LogP contribution in [0.2, 0.25) is 0 Å². The summed E-state index contributed by atoms with van der Waals surface area (Å²) in [5, 5.41) is 10.4. The quantitative estimate of drug-likeness (QED) is 0.410. The minimum Gasteiger partial charge on any atom is -0.496 e. The number of hydrogen-bond donors (Lipinski definition) is 1. The van der Waals surface area contributed by atoms with E-state index in [0.29, 0.717) is 11.3 Å². The molecule has 0 saturated heterocycles. The molecule has 1 N–H and O–H groups in total. The summed E-state index contributed by atoms with van der Waals surface area (Å²) < 4.78 is 78.3. The minimum absolute atomic E-state index is 0.00301. The summed E-state index contributed by atoms with van der Waals surface area (Å²) in [6.45, 7) is 0. The molecule has 0 bridgehead atoms. The van der Waals surface area contributed by atoms with Crippen molar-refractivity contribution in [1.82, 2.24) is 0 Å². The molecule has 0 spiro atoms. The van der Waals surface area contributed by atoms with E-state index in [4.69, 9.17) is 9.15 Å². The molecule has 0 radical (unpaired) electrons. The van der Waals surface area contributed by atoms with E-state index in [0.717, 1.165) is 0 Å². The number of methoxy groups -OCH3 is 1. The average Bonchev–Trinajstić information content (AvgIpc) is 3.19. The van der Waals surface area contributed by atoms with Crippen molar-refractivity contribution in [2.45, 2.75) is 6.10 Å². The van der Waals surface area contributed by atoms with Crippen LogP contribution in [-0.4, -0.2) is 12.2 Å². The maximum Gasteiger partial charge on any atom is 0.200 e. The van der Waals surface area contributed by atoms with E-state index in [9.17, 15) is 27.1 Å². The van der Waals surface area contributed by atoms with Gasteiger partial charge in [-0.3, -0.25) is 0 Å². The second kappa shape index (κ2) is 6.80. The fraction of sp³-hybridized carbons (Fsp3) is 0.111. The Morgan fingerprint density at radius 1 is 0.923 bits per heavy atom. The van der Waals surface area contributed by atoms with Gasteiger partial charge < -0.3 is 14.3 Å². The van der Waals surface area contributed by atoms with Gasteiger partial charge in [-0.15, -0.1) is 0 Å². The summed E-state index contributed by atoms with van der Waals surface area (Å²) in [5.74, 6) is -10.4. The van der Waals surface area contributed by atoms with E-state index >= 15 is 0 Å². The van der Waals surface area contributed by atoms with E-state index in [1.807, 2.05) is 0 Å². The molecule has 1 heterocycles. The zero-order valence-corrected chi connectivity index (χ0v) is 13.2. The average molecular weight is 370 g/mol. The van der Waals surface area contributed by atoms with Gasteiger partial charge in [-0.25, -0.2) is 22.0 Å². The third-order valence-corrected chi connectivity index (χ3v) is 3.85. The lowest BCUT2D eigenvalue weighted by Crippen LogP contribution is -2.13. The topological polar surface area (TPSA) is 42.6 Å². The maximum absolute atomic E-state index is 14.0. The number of rotatable bonds is 4. The molecule has 1 unspecified atom stereocenters. The second-order valence-corrected chi connectivity index (χ2v) is 5.32. The van der Waals surface area contributed by atoms with Crippen molar-refractivity contribution in [2.24, 2.45) is 0 Å². The lowest BCUT2D eigenvalue weighted by molar-refractivity contribution is 0.198. The molecule has 136 valence electrons. The van der Waals surface area contributed by atoms with Crippen LogP contribution in [0.25, 0.3) is 11.3 Å². The fourth-order valence-corrected chi connectivity index (χ4v) is 2.56. The summed E-state index contributed by atoms with van der Waals surface area (Å²) in [4.78, 5) is 0. The number of hydrogen-bond acceptors (Lipinski definition) is 3. The van der Waals surface area contributed by atoms with Gasteiger partial charge in [0.05, 0.1) is 18.9 Å². The Morgan fingerprint density at radius 2 is 1.54 bits per heavy atom. The van der Waals surface area contributed by atoms with Gasteiger partial charge in [0, 0.05) is 11.1 Å². The first-order chi connectivity index (χ1) is 12.4. The number of furan rings is 1. The van der Waals surface area contributed by atoms with Gasteiger partial charge in [0.25, 0.3) is 0 Å². The summed E-state index contributed by atoms with van der Waals surface area (Å²) in [6, 6.07) is 7.39. The van der Waals surface area contributed by atoms with Crippen LogP contribution in [0.4, 0.5) is 22.0 Å². The van der Waals surface area contributed by atoms with Gasteiger partial charge in [-0.05, 0) is 30.3 Å². The first-order valence-corrected chi connectivity index (χ1v) is 7.28. The van der Waals surface area contributed by atoms with Crippen molar-refractivity contribution in [3.8, 4) is 17.1 Å². The normalized spacial score (nSPS) is 12.3. The van der Waals surface area contributed by atoms with Crippen LogP contribution in [0.15, 0.2) is 41.0 Å². The Labute approximate surface area is 144 Å². The highest BCUT2D eigenvalue weighted by Gasteiger charge is 2.31. The molecule has 8 heteroatoms. The van der Waals surface area contributed by atoms with Crippen molar-refractivity contribution < 1.29 is 36.2 Å². The Bertz CT molecular complexity index is 925. The lowest BCUT2D eigenvalue weighted by Gasteiger charge is -2.18. The zero-order chi connectivity index (χ0) is 19.0. The Kier molecular flexibility index (Phi) is 4.69. The smallest absolute Gasteiger partial charge is 0.200 e. The SMILES string of the molecule is COc1ccc(-c2ccco2)cc1C(O)c1c(F)c(F)c(F)c(F)c1F. The first kappa shape index (κ1) is 17.9. The van der Waals surface area contributed by atoms with Gasteiger partial charge in [0.2, 0.25) is 5.82 Å². The van der Waals surface area contributed by atoms with Crippen molar-refractivity contribution in [3.63, 3.8) is 0 Å². The third kappa shape index (κ3) is 2.82. The Hall–Kier alpha value is -2.87. The van der Waals surface area contributed by atoms with Crippen LogP contribution in [0, 0.1) is 29.1 Å². The highest BCUT2D eigenvalue weighted by molar-refractivity contribution is 5.61. The van der Waals surface area contributed by atoms with E-state index in [1.54, 1.807) is 18.2 Å². The summed E-state index contributed by atoms with van der Waals surface area (Å²) in [5.41, 5.74) is -1.14.